The van der Waals surface area contributed by atoms with Crippen LogP contribution in [0.25, 0.3) is 0 Å². The summed E-state index contributed by atoms with van der Waals surface area (Å²) in [7, 11) is 1.53. The molecule has 19 heavy (non-hydrogen) atoms. The van der Waals surface area contributed by atoms with Gasteiger partial charge >= 0.3 is 0 Å². The summed E-state index contributed by atoms with van der Waals surface area (Å²) in [5.41, 5.74) is 0.855. The molecule has 0 spiro atoms. The van der Waals surface area contributed by atoms with Crippen molar-refractivity contribution >= 4 is 5.91 Å². The number of rotatable bonds is 4. The first kappa shape index (κ1) is 13.7. The highest BCUT2D eigenvalue weighted by Gasteiger charge is 2.24. The number of nitrogens with zero attached hydrogens (tertiary/aromatic N) is 3. The molecule has 0 radical (unpaired) electrons. The van der Waals surface area contributed by atoms with Crippen LogP contribution in [0.5, 0.6) is 5.88 Å². The maximum Gasteiger partial charge on any atom is 0.248 e. The number of methoxy groups -OCH3 is 1. The standard InChI is InChI=1S/C13H19N3O3/c1-10-5-6-12(15-14-10)19-11-4-3-7-16(8-11)13(17)9-18-2/h5-6,11H,3-4,7-9H2,1-2H3/t11-/m0/s1. The molecule has 1 amide bonds. The topological polar surface area (TPSA) is 64.5 Å². The SMILES string of the molecule is COCC(=O)N1CCC[C@H](Oc2ccc(C)nn2)C1. The fourth-order valence-electron chi connectivity index (χ4n) is 2.10. The normalized spacial score (nSPS) is 19.3. The van der Waals surface area contributed by atoms with Crippen LogP contribution in [-0.2, 0) is 9.53 Å². The summed E-state index contributed by atoms with van der Waals surface area (Å²) in [6.07, 6.45) is 1.83. The second-order valence-corrected chi connectivity index (χ2v) is 4.67. The zero-order valence-corrected chi connectivity index (χ0v) is 11.3. The zero-order valence-electron chi connectivity index (χ0n) is 11.3. The van der Waals surface area contributed by atoms with Crippen molar-refractivity contribution in [1.82, 2.24) is 15.1 Å². The summed E-state index contributed by atoms with van der Waals surface area (Å²) < 4.78 is 10.6. The molecule has 0 aromatic carbocycles. The Bertz CT molecular complexity index is 422. The van der Waals surface area contributed by atoms with E-state index in [1.54, 1.807) is 11.0 Å². The van der Waals surface area contributed by atoms with E-state index in [9.17, 15) is 4.79 Å². The van der Waals surface area contributed by atoms with Crippen molar-refractivity contribution in [2.75, 3.05) is 26.8 Å². The second kappa shape index (κ2) is 6.47. The lowest BCUT2D eigenvalue weighted by atomic mass is 10.1. The maximum absolute atomic E-state index is 11.8. The summed E-state index contributed by atoms with van der Waals surface area (Å²) in [5.74, 6) is 0.516. The smallest absolute Gasteiger partial charge is 0.248 e. The van der Waals surface area contributed by atoms with Gasteiger partial charge in [-0.2, -0.15) is 5.10 Å². The van der Waals surface area contributed by atoms with Crippen molar-refractivity contribution < 1.29 is 14.3 Å². The van der Waals surface area contributed by atoms with Gasteiger partial charge in [0.05, 0.1) is 12.2 Å². The third kappa shape index (κ3) is 3.89. The van der Waals surface area contributed by atoms with Gasteiger partial charge in [-0.1, -0.05) is 0 Å². The summed E-state index contributed by atoms with van der Waals surface area (Å²) in [6.45, 7) is 3.35. The van der Waals surface area contributed by atoms with Gasteiger partial charge in [0.1, 0.15) is 12.7 Å². The van der Waals surface area contributed by atoms with Crippen LogP contribution in [0.3, 0.4) is 0 Å². The lowest BCUT2D eigenvalue weighted by molar-refractivity contribution is -0.137. The fourth-order valence-corrected chi connectivity index (χ4v) is 2.10. The molecule has 0 N–H and O–H groups in total. The van der Waals surface area contributed by atoms with E-state index in [2.05, 4.69) is 10.2 Å². The first-order valence-electron chi connectivity index (χ1n) is 6.42. The highest BCUT2D eigenvalue weighted by atomic mass is 16.5. The van der Waals surface area contributed by atoms with Crippen molar-refractivity contribution in [2.24, 2.45) is 0 Å². The number of hydrogen-bond acceptors (Lipinski definition) is 5. The van der Waals surface area contributed by atoms with Gasteiger partial charge in [-0.3, -0.25) is 4.79 Å². The average molecular weight is 265 g/mol. The van der Waals surface area contributed by atoms with Crippen LogP contribution >= 0.6 is 0 Å². The van der Waals surface area contributed by atoms with Crippen LogP contribution in [0.1, 0.15) is 18.5 Å². The predicted octanol–water partition coefficient (Wildman–Crippen LogP) is 0.801. The molecule has 6 nitrogen and oxygen atoms in total. The van der Waals surface area contributed by atoms with Gasteiger partial charge in [-0.25, -0.2) is 0 Å². The molecule has 1 aromatic rings. The number of ether oxygens (including phenoxy) is 2. The number of amides is 1. The lowest BCUT2D eigenvalue weighted by Crippen LogP contribution is -2.45. The number of carbonyl (C=O) groups is 1. The molecule has 104 valence electrons. The fraction of sp³-hybridized carbons (Fsp3) is 0.615. The van der Waals surface area contributed by atoms with E-state index in [-0.39, 0.29) is 18.6 Å². The minimum Gasteiger partial charge on any atom is -0.471 e. The van der Waals surface area contributed by atoms with Gasteiger partial charge in [0.15, 0.2) is 0 Å². The number of likely N-dealkylation sites (tertiary alicyclic amines) is 1. The minimum atomic E-state index is -0.0217. The van der Waals surface area contributed by atoms with Crippen LogP contribution < -0.4 is 4.74 Å². The van der Waals surface area contributed by atoms with Crippen LogP contribution in [0, 0.1) is 6.92 Å². The van der Waals surface area contributed by atoms with Crippen LogP contribution in [0.2, 0.25) is 0 Å². The summed E-state index contributed by atoms with van der Waals surface area (Å²) >= 11 is 0. The quantitative estimate of drug-likeness (QED) is 0.805. The average Bonchev–Trinajstić information content (AvgIpc) is 2.42. The van der Waals surface area contributed by atoms with Crippen molar-refractivity contribution in [3.05, 3.63) is 17.8 Å². The Morgan fingerprint density at radius 2 is 2.32 bits per heavy atom. The van der Waals surface area contributed by atoms with E-state index >= 15 is 0 Å². The number of carbonyl (C=O) groups excluding carboxylic acids is 1. The number of aromatic nitrogens is 2. The number of hydrogen-bond donors (Lipinski definition) is 0. The van der Waals surface area contributed by atoms with Gasteiger partial charge in [0, 0.05) is 19.7 Å². The number of piperidine rings is 1. The first-order valence-corrected chi connectivity index (χ1v) is 6.42. The van der Waals surface area contributed by atoms with Gasteiger partial charge < -0.3 is 14.4 Å². The molecule has 0 saturated carbocycles. The molecular formula is C13H19N3O3. The molecule has 1 aromatic heterocycles. The largest absolute Gasteiger partial charge is 0.471 e. The second-order valence-electron chi connectivity index (χ2n) is 4.67. The van der Waals surface area contributed by atoms with Crippen LogP contribution in [0.4, 0.5) is 0 Å². The molecule has 1 fully saturated rings. The molecule has 1 aliphatic heterocycles. The van der Waals surface area contributed by atoms with Crippen molar-refractivity contribution in [1.29, 1.82) is 0 Å². The third-order valence-electron chi connectivity index (χ3n) is 3.06. The highest BCUT2D eigenvalue weighted by molar-refractivity contribution is 5.77. The predicted molar refractivity (Wildman–Crippen MR) is 68.9 cm³/mol. The molecular weight excluding hydrogens is 246 g/mol. The molecule has 1 atom stereocenters. The first-order chi connectivity index (χ1) is 9.19. The monoisotopic (exact) mass is 265 g/mol. The molecule has 0 bridgehead atoms. The number of aryl methyl sites for hydroxylation is 1. The Morgan fingerprint density at radius 3 is 3.00 bits per heavy atom. The molecule has 2 heterocycles. The molecule has 6 heteroatoms. The highest BCUT2D eigenvalue weighted by Crippen LogP contribution is 2.16. The van der Waals surface area contributed by atoms with Gasteiger partial charge in [0.2, 0.25) is 11.8 Å². The zero-order chi connectivity index (χ0) is 13.7. The van der Waals surface area contributed by atoms with Crippen molar-refractivity contribution in [2.45, 2.75) is 25.9 Å². The minimum absolute atomic E-state index is 0.00536. The molecule has 1 aliphatic rings. The van der Waals surface area contributed by atoms with Gasteiger partial charge in [0.25, 0.3) is 0 Å². The Morgan fingerprint density at radius 1 is 1.47 bits per heavy atom. The third-order valence-corrected chi connectivity index (χ3v) is 3.06. The maximum atomic E-state index is 11.8. The van der Waals surface area contributed by atoms with E-state index < -0.39 is 0 Å². The van der Waals surface area contributed by atoms with Crippen molar-refractivity contribution in [3.63, 3.8) is 0 Å². The molecule has 2 rings (SSSR count). The van der Waals surface area contributed by atoms with E-state index in [0.29, 0.717) is 12.4 Å². The van der Waals surface area contributed by atoms with Crippen LogP contribution in [-0.4, -0.2) is 53.9 Å². The Kier molecular flexibility index (Phi) is 4.68. The lowest BCUT2D eigenvalue weighted by Gasteiger charge is -2.32. The summed E-state index contributed by atoms with van der Waals surface area (Å²) in [5, 5.41) is 7.93. The van der Waals surface area contributed by atoms with Gasteiger partial charge in [-0.05, 0) is 25.8 Å². The Balaban J connectivity index is 1.90. The molecule has 0 aliphatic carbocycles. The summed E-state index contributed by atoms with van der Waals surface area (Å²) in [4.78, 5) is 13.5. The molecule has 0 unspecified atom stereocenters. The summed E-state index contributed by atoms with van der Waals surface area (Å²) in [6, 6.07) is 3.66. The molecule has 1 saturated heterocycles. The Hall–Kier alpha value is -1.69. The Labute approximate surface area is 112 Å². The van der Waals surface area contributed by atoms with E-state index in [4.69, 9.17) is 9.47 Å². The van der Waals surface area contributed by atoms with E-state index in [1.165, 1.54) is 7.11 Å². The van der Waals surface area contributed by atoms with E-state index in [0.717, 1.165) is 25.1 Å². The van der Waals surface area contributed by atoms with Crippen LogP contribution in [0.15, 0.2) is 12.1 Å². The van der Waals surface area contributed by atoms with E-state index in [1.807, 2.05) is 13.0 Å². The van der Waals surface area contributed by atoms with Crippen molar-refractivity contribution in [3.8, 4) is 5.88 Å². The van der Waals surface area contributed by atoms with Gasteiger partial charge in [-0.15, -0.1) is 5.10 Å².